The van der Waals surface area contributed by atoms with E-state index in [1.807, 2.05) is 26.0 Å². The van der Waals surface area contributed by atoms with E-state index in [2.05, 4.69) is 10.5 Å². The zero-order chi connectivity index (χ0) is 28.4. The van der Waals surface area contributed by atoms with E-state index in [9.17, 15) is 13.2 Å². The Balaban J connectivity index is 1.68. The second-order valence-corrected chi connectivity index (χ2v) is 10.7. The van der Waals surface area contributed by atoms with E-state index in [1.54, 1.807) is 54.6 Å². The summed E-state index contributed by atoms with van der Waals surface area (Å²) >= 11 is 5.94. The summed E-state index contributed by atoms with van der Waals surface area (Å²) in [7, 11) is -3.77. The summed E-state index contributed by atoms with van der Waals surface area (Å²) in [6, 6.07) is 18.0. The summed E-state index contributed by atoms with van der Waals surface area (Å²) in [6.07, 6.45) is 2.49. The molecule has 1 N–H and O–H groups in total. The number of benzene rings is 3. The SMILES string of the molecule is CCOc1ccc(N([C@@H](C)C(=O)N/N=C\c2ccc(OCc3ccc(Cl)cc3)c(OCC)c2)S(C)(=O)=O)cc1. The molecule has 0 bridgehead atoms. The molecule has 0 heterocycles. The number of hydrazone groups is 1. The number of carbonyl (C=O) groups is 1. The van der Waals surface area contributed by atoms with Crippen LogP contribution in [0.3, 0.4) is 0 Å². The molecule has 0 aliphatic heterocycles. The minimum atomic E-state index is -3.77. The van der Waals surface area contributed by atoms with Crippen LogP contribution in [0.2, 0.25) is 5.02 Å². The number of hydrogen-bond acceptors (Lipinski definition) is 7. The molecule has 3 rings (SSSR count). The number of hydrogen-bond donors (Lipinski definition) is 1. The van der Waals surface area contributed by atoms with E-state index < -0.39 is 22.0 Å². The minimum Gasteiger partial charge on any atom is -0.494 e. The fraction of sp³-hybridized carbons (Fsp3) is 0.286. The van der Waals surface area contributed by atoms with Crippen LogP contribution in [-0.4, -0.2) is 46.1 Å². The van der Waals surface area contributed by atoms with Gasteiger partial charge in [0.05, 0.1) is 31.4 Å². The highest BCUT2D eigenvalue weighted by molar-refractivity contribution is 7.92. The van der Waals surface area contributed by atoms with Crippen molar-refractivity contribution in [1.29, 1.82) is 0 Å². The second-order valence-electron chi connectivity index (χ2n) is 8.45. The van der Waals surface area contributed by atoms with Crippen molar-refractivity contribution in [1.82, 2.24) is 5.43 Å². The molecule has 0 aliphatic carbocycles. The number of amides is 1. The molecule has 0 aliphatic rings. The molecule has 1 amide bonds. The fourth-order valence-electron chi connectivity index (χ4n) is 3.66. The Hall–Kier alpha value is -3.76. The summed E-state index contributed by atoms with van der Waals surface area (Å²) in [5, 5.41) is 4.67. The first-order valence-electron chi connectivity index (χ1n) is 12.3. The first kappa shape index (κ1) is 29.8. The van der Waals surface area contributed by atoms with Gasteiger partial charge in [-0.2, -0.15) is 5.10 Å². The summed E-state index contributed by atoms with van der Waals surface area (Å²) < 4.78 is 43.1. The minimum absolute atomic E-state index is 0.336. The lowest BCUT2D eigenvalue weighted by Gasteiger charge is -2.27. The molecule has 0 spiro atoms. The van der Waals surface area contributed by atoms with Crippen molar-refractivity contribution < 1.29 is 27.4 Å². The number of rotatable bonds is 13. The van der Waals surface area contributed by atoms with Crippen LogP contribution in [0.25, 0.3) is 0 Å². The lowest BCUT2D eigenvalue weighted by atomic mass is 10.2. The monoisotopic (exact) mass is 573 g/mol. The van der Waals surface area contributed by atoms with E-state index >= 15 is 0 Å². The smallest absolute Gasteiger partial charge is 0.263 e. The molecule has 208 valence electrons. The van der Waals surface area contributed by atoms with Crippen LogP contribution in [0.15, 0.2) is 71.8 Å². The van der Waals surface area contributed by atoms with Gasteiger partial charge in [0, 0.05) is 5.02 Å². The molecular weight excluding hydrogens is 542 g/mol. The van der Waals surface area contributed by atoms with E-state index in [-0.39, 0.29) is 0 Å². The third kappa shape index (κ3) is 8.62. The predicted molar refractivity (Wildman–Crippen MR) is 154 cm³/mol. The van der Waals surface area contributed by atoms with Gasteiger partial charge in [0.1, 0.15) is 18.4 Å². The number of nitrogens with one attached hydrogen (secondary N) is 1. The molecule has 0 fully saturated rings. The third-order valence-corrected chi connectivity index (χ3v) is 6.95. The third-order valence-electron chi connectivity index (χ3n) is 5.45. The van der Waals surface area contributed by atoms with Crippen LogP contribution in [0.1, 0.15) is 31.9 Å². The van der Waals surface area contributed by atoms with Crippen LogP contribution in [0, 0.1) is 0 Å². The largest absolute Gasteiger partial charge is 0.494 e. The van der Waals surface area contributed by atoms with Crippen LogP contribution in [0.4, 0.5) is 5.69 Å². The molecular formula is C28H32ClN3O6S. The van der Waals surface area contributed by atoms with Gasteiger partial charge in [-0.15, -0.1) is 0 Å². The van der Waals surface area contributed by atoms with Gasteiger partial charge < -0.3 is 14.2 Å². The van der Waals surface area contributed by atoms with Crippen molar-refractivity contribution in [2.24, 2.45) is 5.10 Å². The number of anilines is 1. The van der Waals surface area contributed by atoms with Crippen molar-refractivity contribution in [3.05, 3.63) is 82.9 Å². The molecule has 11 heteroatoms. The topological polar surface area (TPSA) is 107 Å². The van der Waals surface area contributed by atoms with Gasteiger partial charge >= 0.3 is 0 Å². The van der Waals surface area contributed by atoms with Crippen LogP contribution in [-0.2, 0) is 21.4 Å². The lowest BCUT2D eigenvalue weighted by Crippen LogP contribution is -2.46. The Morgan fingerprint density at radius 2 is 1.64 bits per heavy atom. The van der Waals surface area contributed by atoms with E-state index in [0.717, 1.165) is 16.1 Å². The van der Waals surface area contributed by atoms with Gasteiger partial charge in [0.25, 0.3) is 5.91 Å². The molecule has 3 aromatic rings. The zero-order valence-electron chi connectivity index (χ0n) is 22.3. The summed E-state index contributed by atoms with van der Waals surface area (Å²) in [6.45, 7) is 6.46. The molecule has 0 unspecified atom stereocenters. The maximum Gasteiger partial charge on any atom is 0.263 e. The van der Waals surface area contributed by atoms with E-state index in [0.29, 0.717) is 53.3 Å². The molecule has 1 atom stereocenters. The fourth-order valence-corrected chi connectivity index (χ4v) is 4.96. The summed E-state index contributed by atoms with van der Waals surface area (Å²) in [4.78, 5) is 12.8. The average molecular weight is 574 g/mol. The number of nitrogens with zero attached hydrogens (tertiary/aromatic N) is 2. The first-order valence-corrected chi connectivity index (χ1v) is 14.5. The number of carbonyl (C=O) groups excluding carboxylic acids is 1. The molecule has 3 aromatic carbocycles. The first-order chi connectivity index (χ1) is 18.6. The molecule has 0 radical (unpaired) electrons. The predicted octanol–water partition coefficient (Wildman–Crippen LogP) is 5.02. The van der Waals surface area contributed by atoms with Gasteiger partial charge in [-0.1, -0.05) is 23.7 Å². The standard InChI is InChI=1S/C28H32ClN3O6S/c1-5-36-25-14-12-24(13-15-25)32(39(4,34)35)20(3)28(33)31-30-18-22-9-16-26(27(17-22)37-6-2)38-19-21-7-10-23(29)11-8-21/h7-18,20H,5-6,19H2,1-4H3,(H,31,33)/b30-18-/t20-/m0/s1. The highest BCUT2D eigenvalue weighted by atomic mass is 35.5. The highest BCUT2D eigenvalue weighted by Crippen LogP contribution is 2.29. The molecule has 0 saturated carbocycles. The Morgan fingerprint density at radius 3 is 2.26 bits per heavy atom. The van der Waals surface area contributed by atoms with Gasteiger partial charge in [-0.25, -0.2) is 13.8 Å². The maximum absolute atomic E-state index is 12.8. The number of sulfonamides is 1. The quantitative estimate of drug-likeness (QED) is 0.227. The van der Waals surface area contributed by atoms with Crippen molar-refractivity contribution in [3.63, 3.8) is 0 Å². The Labute approximate surface area is 234 Å². The normalized spacial score (nSPS) is 12.1. The summed E-state index contributed by atoms with van der Waals surface area (Å²) in [5.74, 6) is 1.08. The van der Waals surface area contributed by atoms with Crippen LogP contribution >= 0.6 is 11.6 Å². The highest BCUT2D eigenvalue weighted by Gasteiger charge is 2.29. The lowest BCUT2D eigenvalue weighted by molar-refractivity contribution is -0.121. The van der Waals surface area contributed by atoms with E-state index in [4.69, 9.17) is 25.8 Å². The molecule has 39 heavy (non-hydrogen) atoms. The second kappa shape index (κ2) is 13.9. The van der Waals surface area contributed by atoms with E-state index in [1.165, 1.54) is 13.1 Å². The van der Waals surface area contributed by atoms with Crippen molar-refractivity contribution in [3.8, 4) is 17.2 Å². The van der Waals surface area contributed by atoms with Crippen LogP contribution in [0.5, 0.6) is 17.2 Å². The van der Waals surface area contributed by atoms with Crippen molar-refractivity contribution in [2.45, 2.75) is 33.4 Å². The molecule has 9 nitrogen and oxygen atoms in total. The Bertz CT molecular complexity index is 1380. The number of halogens is 1. The van der Waals surface area contributed by atoms with Crippen molar-refractivity contribution in [2.75, 3.05) is 23.8 Å². The maximum atomic E-state index is 12.8. The van der Waals surface area contributed by atoms with Crippen LogP contribution < -0.4 is 23.9 Å². The molecule has 0 aromatic heterocycles. The Morgan fingerprint density at radius 1 is 0.974 bits per heavy atom. The number of ether oxygens (including phenoxy) is 3. The molecule has 0 saturated heterocycles. The summed E-state index contributed by atoms with van der Waals surface area (Å²) in [5.41, 5.74) is 4.36. The van der Waals surface area contributed by atoms with Crippen molar-refractivity contribution >= 4 is 39.4 Å². The van der Waals surface area contributed by atoms with Gasteiger partial charge in [0.15, 0.2) is 11.5 Å². The van der Waals surface area contributed by atoms with Gasteiger partial charge in [0.2, 0.25) is 10.0 Å². The van der Waals surface area contributed by atoms with Gasteiger partial charge in [-0.05, 0) is 86.5 Å². The Kier molecular flexibility index (Phi) is 10.6. The van der Waals surface area contributed by atoms with Gasteiger partial charge in [-0.3, -0.25) is 9.10 Å². The average Bonchev–Trinajstić information content (AvgIpc) is 2.90. The zero-order valence-corrected chi connectivity index (χ0v) is 23.8.